The number of benzene rings is 1. The molecule has 0 spiro atoms. The second kappa shape index (κ2) is 3.98. The molecule has 0 atom stereocenters. The molecule has 76 valence electrons. The predicted molar refractivity (Wildman–Crippen MR) is 61.7 cm³/mol. The molecule has 0 aliphatic heterocycles. The van der Waals surface area contributed by atoms with Crippen molar-refractivity contribution < 1.29 is 4.39 Å². The minimum absolute atomic E-state index is 0.290. The van der Waals surface area contributed by atoms with Crippen LogP contribution in [0.2, 0.25) is 0 Å². The van der Waals surface area contributed by atoms with Gasteiger partial charge in [-0.15, -0.1) is 0 Å². The Labute approximate surface area is 95.1 Å². The van der Waals surface area contributed by atoms with Gasteiger partial charge < -0.3 is 5.73 Å². The summed E-state index contributed by atoms with van der Waals surface area (Å²) < 4.78 is 14.2. The minimum Gasteiger partial charge on any atom is -0.399 e. The summed E-state index contributed by atoms with van der Waals surface area (Å²) in [5, 5.41) is 0. The molecule has 4 heteroatoms. The normalized spacial score (nSPS) is 10.3. The van der Waals surface area contributed by atoms with Crippen molar-refractivity contribution >= 4 is 21.6 Å². The number of rotatable bonds is 1. The summed E-state index contributed by atoms with van der Waals surface area (Å²) in [6, 6.07) is 7.99. The number of nitrogens with two attached hydrogens (primary N) is 1. The van der Waals surface area contributed by atoms with E-state index >= 15 is 0 Å². The van der Waals surface area contributed by atoms with Gasteiger partial charge in [-0.05, 0) is 51.8 Å². The van der Waals surface area contributed by atoms with Gasteiger partial charge in [0, 0.05) is 17.4 Å². The zero-order valence-electron chi connectivity index (χ0n) is 7.74. The van der Waals surface area contributed by atoms with E-state index in [1.54, 1.807) is 24.4 Å². The van der Waals surface area contributed by atoms with E-state index in [1.807, 2.05) is 0 Å². The molecule has 0 bridgehead atoms. The lowest BCUT2D eigenvalue weighted by Crippen LogP contribution is -1.90. The smallest absolute Gasteiger partial charge is 0.131 e. The lowest BCUT2D eigenvalue weighted by molar-refractivity contribution is 0.631. The van der Waals surface area contributed by atoms with Crippen LogP contribution in [0.1, 0.15) is 0 Å². The van der Waals surface area contributed by atoms with Crippen molar-refractivity contribution in [1.29, 1.82) is 0 Å². The first-order chi connectivity index (χ1) is 7.16. The van der Waals surface area contributed by atoms with Gasteiger partial charge in [-0.3, -0.25) is 0 Å². The largest absolute Gasteiger partial charge is 0.399 e. The quantitative estimate of drug-likeness (QED) is 0.636. The fourth-order valence-electron chi connectivity index (χ4n) is 1.33. The van der Waals surface area contributed by atoms with E-state index in [4.69, 9.17) is 5.73 Å². The number of anilines is 1. The van der Waals surface area contributed by atoms with Crippen molar-refractivity contribution in [3.63, 3.8) is 0 Å². The molecule has 2 nitrogen and oxygen atoms in total. The second-order valence-electron chi connectivity index (χ2n) is 3.11. The van der Waals surface area contributed by atoms with Crippen LogP contribution in [0.4, 0.5) is 10.1 Å². The van der Waals surface area contributed by atoms with Crippen LogP contribution in [0.25, 0.3) is 11.1 Å². The first kappa shape index (κ1) is 10.1. The van der Waals surface area contributed by atoms with Crippen molar-refractivity contribution in [3.8, 4) is 11.1 Å². The molecule has 0 amide bonds. The Kier molecular flexibility index (Phi) is 2.68. The van der Waals surface area contributed by atoms with E-state index in [0.29, 0.717) is 15.9 Å². The minimum atomic E-state index is -0.290. The van der Waals surface area contributed by atoms with Gasteiger partial charge in [-0.2, -0.15) is 0 Å². The highest BCUT2D eigenvalue weighted by Gasteiger charge is 2.05. The van der Waals surface area contributed by atoms with Crippen molar-refractivity contribution in [1.82, 2.24) is 4.98 Å². The summed E-state index contributed by atoms with van der Waals surface area (Å²) in [6.45, 7) is 0. The summed E-state index contributed by atoms with van der Waals surface area (Å²) in [7, 11) is 0. The highest BCUT2D eigenvalue weighted by molar-refractivity contribution is 9.10. The number of pyridine rings is 1. The number of hydrogen-bond donors (Lipinski definition) is 1. The molecule has 0 fully saturated rings. The maximum atomic E-state index is 13.5. The SMILES string of the molecule is Nc1ccc(F)c(-c2ccnc(Br)c2)c1. The Balaban J connectivity index is 2.58. The van der Waals surface area contributed by atoms with Crippen LogP contribution < -0.4 is 5.73 Å². The van der Waals surface area contributed by atoms with Gasteiger partial charge in [0.25, 0.3) is 0 Å². The molecular weight excluding hydrogens is 259 g/mol. The Morgan fingerprint density at radius 2 is 2.00 bits per heavy atom. The monoisotopic (exact) mass is 266 g/mol. The van der Waals surface area contributed by atoms with Crippen LogP contribution in [-0.4, -0.2) is 4.98 Å². The third kappa shape index (κ3) is 2.15. The zero-order chi connectivity index (χ0) is 10.8. The van der Waals surface area contributed by atoms with Crippen LogP contribution in [-0.2, 0) is 0 Å². The zero-order valence-corrected chi connectivity index (χ0v) is 9.33. The standard InChI is InChI=1S/C11H8BrFN2/c12-11-5-7(3-4-15-11)9-6-8(14)1-2-10(9)13/h1-6H,14H2. The molecule has 0 radical (unpaired) electrons. The fourth-order valence-corrected chi connectivity index (χ4v) is 1.70. The van der Waals surface area contributed by atoms with Gasteiger partial charge in [0.1, 0.15) is 10.4 Å². The molecule has 15 heavy (non-hydrogen) atoms. The molecule has 1 aromatic heterocycles. The van der Waals surface area contributed by atoms with Crippen molar-refractivity contribution in [2.45, 2.75) is 0 Å². The van der Waals surface area contributed by atoms with E-state index in [1.165, 1.54) is 12.1 Å². The van der Waals surface area contributed by atoms with E-state index in [2.05, 4.69) is 20.9 Å². The van der Waals surface area contributed by atoms with E-state index in [0.717, 1.165) is 5.56 Å². The second-order valence-corrected chi connectivity index (χ2v) is 3.92. The lowest BCUT2D eigenvalue weighted by atomic mass is 10.1. The van der Waals surface area contributed by atoms with Crippen LogP contribution in [0.3, 0.4) is 0 Å². The summed E-state index contributed by atoms with van der Waals surface area (Å²) in [5.74, 6) is -0.290. The van der Waals surface area contributed by atoms with Crippen LogP contribution in [0.5, 0.6) is 0 Å². The molecule has 1 aromatic carbocycles. The average molecular weight is 267 g/mol. The Bertz CT molecular complexity index is 500. The third-order valence-corrected chi connectivity index (χ3v) is 2.46. The number of nitrogen functional groups attached to an aromatic ring is 1. The molecular formula is C11H8BrFN2. The molecule has 0 saturated carbocycles. The molecule has 0 aliphatic rings. The summed E-state index contributed by atoms with van der Waals surface area (Å²) in [6.07, 6.45) is 1.61. The number of nitrogens with zero attached hydrogens (tertiary/aromatic N) is 1. The number of aromatic nitrogens is 1. The number of halogens is 2. The van der Waals surface area contributed by atoms with Crippen molar-refractivity contribution in [2.24, 2.45) is 0 Å². The Morgan fingerprint density at radius 1 is 1.20 bits per heavy atom. The first-order valence-corrected chi connectivity index (χ1v) is 5.13. The molecule has 0 saturated heterocycles. The van der Waals surface area contributed by atoms with Crippen LogP contribution in [0.15, 0.2) is 41.1 Å². The van der Waals surface area contributed by atoms with Crippen LogP contribution >= 0.6 is 15.9 Å². The van der Waals surface area contributed by atoms with Crippen molar-refractivity contribution in [2.75, 3.05) is 5.73 Å². The summed E-state index contributed by atoms with van der Waals surface area (Å²) in [5.41, 5.74) is 7.39. The maximum Gasteiger partial charge on any atom is 0.131 e. The molecule has 2 N–H and O–H groups in total. The molecule has 1 heterocycles. The molecule has 0 aliphatic carbocycles. The molecule has 2 rings (SSSR count). The van der Waals surface area contributed by atoms with Gasteiger partial charge >= 0.3 is 0 Å². The van der Waals surface area contributed by atoms with Gasteiger partial charge in [-0.25, -0.2) is 9.37 Å². The fraction of sp³-hybridized carbons (Fsp3) is 0. The highest BCUT2D eigenvalue weighted by Crippen LogP contribution is 2.26. The van der Waals surface area contributed by atoms with Gasteiger partial charge in [0.05, 0.1) is 0 Å². The van der Waals surface area contributed by atoms with Gasteiger partial charge in [0.15, 0.2) is 0 Å². The van der Waals surface area contributed by atoms with E-state index < -0.39 is 0 Å². The average Bonchev–Trinajstić information content (AvgIpc) is 2.22. The molecule has 0 unspecified atom stereocenters. The number of hydrogen-bond acceptors (Lipinski definition) is 2. The Hall–Kier alpha value is -1.42. The van der Waals surface area contributed by atoms with Gasteiger partial charge in [-0.1, -0.05) is 0 Å². The summed E-state index contributed by atoms with van der Waals surface area (Å²) >= 11 is 3.24. The van der Waals surface area contributed by atoms with E-state index in [-0.39, 0.29) is 5.82 Å². The Morgan fingerprint density at radius 3 is 2.73 bits per heavy atom. The third-order valence-electron chi connectivity index (χ3n) is 2.03. The highest BCUT2D eigenvalue weighted by atomic mass is 79.9. The topological polar surface area (TPSA) is 38.9 Å². The van der Waals surface area contributed by atoms with Gasteiger partial charge in [0.2, 0.25) is 0 Å². The van der Waals surface area contributed by atoms with Crippen LogP contribution in [0, 0.1) is 5.82 Å². The maximum absolute atomic E-state index is 13.5. The molecule has 2 aromatic rings. The van der Waals surface area contributed by atoms with E-state index in [9.17, 15) is 4.39 Å². The lowest BCUT2D eigenvalue weighted by Gasteiger charge is -2.04. The summed E-state index contributed by atoms with van der Waals surface area (Å²) in [4.78, 5) is 3.98. The predicted octanol–water partition coefficient (Wildman–Crippen LogP) is 3.23. The van der Waals surface area contributed by atoms with Crippen molar-refractivity contribution in [3.05, 3.63) is 46.9 Å². The first-order valence-electron chi connectivity index (χ1n) is 4.34.